The second-order valence-electron chi connectivity index (χ2n) is 6.25. The summed E-state index contributed by atoms with van der Waals surface area (Å²) < 4.78 is 18.4. The third-order valence-electron chi connectivity index (χ3n) is 3.07. The second-order valence-corrected chi connectivity index (χ2v) is 6.25. The van der Waals surface area contributed by atoms with Crippen LogP contribution in [0.15, 0.2) is 24.3 Å². The van der Waals surface area contributed by atoms with Crippen molar-refractivity contribution in [1.29, 1.82) is 0 Å². The Labute approximate surface area is 132 Å². The van der Waals surface area contributed by atoms with E-state index in [1.54, 1.807) is 12.1 Å². The molecule has 1 aromatic carbocycles. The van der Waals surface area contributed by atoms with Gasteiger partial charge in [-0.05, 0) is 57.9 Å². The number of hydrogen-bond acceptors (Lipinski definition) is 3. The van der Waals surface area contributed by atoms with Crippen molar-refractivity contribution in [3.8, 4) is 0 Å². The summed E-state index contributed by atoms with van der Waals surface area (Å²) in [7, 11) is 0. The average molecular weight is 310 g/mol. The number of amides is 1. The zero-order valence-corrected chi connectivity index (χ0v) is 13.9. The van der Waals surface area contributed by atoms with Crippen molar-refractivity contribution < 1.29 is 13.9 Å². The minimum Gasteiger partial charge on any atom is -0.444 e. The first-order chi connectivity index (χ1) is 10.3. The molecule has 22 heavy (non-hydrogen) atoms. The molecule has 0 saturated carbocycles. The van der Waals surface area contributed by atoms with Crippen LogP contribution in [0.1, 0.15) is 52.1 Å². The molecule has 0 aliphatic carbocycles. The number of rotatable bonds is 7. The van der Waals surface area contributed by atoms with E-state index in [2.05, 4.69) is 17.6 Å². The van der Waals surface area contributed by atoms with E-state index >= 15 is 0 Å². The summed E-state index contributed by atoms with van der Waals surface area (Å²) in [5.74, 6) is -0.218. The number of alkyl carbamates (subject to hydrolysis) is 1. The Hall–Kier alpha value is -1.62. The average Bonchev–Trinajstić information content (AvgIpc) is 2.40. The molecule has 0 fully saturated rings. The highest BCUT2D eigenvalue weighted by atomic mass is 19.1. The molecule has 0 aliphatic rings. The van der Waals surface area contributed by atoms with Gasteiger partial charge in [0.25, 0.3) is 0 Å². The smallest absolute Gasteiger partial charge is 0.407 e. The van der Waals surface area contributed by atoms with E-state index in [9.17, 15) is 9.18 Å². The van der Waals surface area contributed by atoms with Crippen LogP contribution < -0.4 is 10.6 Å². The third kappa shape index (κ3) is 7.41. The van der Waals surface area contributed by atoms with Gasteiger partial charge in [0.15, 0.2) is 0 Å². The second kappa shape index (κ2) is 8.73. The van der Waals surface area contributed by atoms with Gasteiger partial charge < -0.3 is 15.4 Å². The Morgan fingerprint density at radius 1 is 1.32 bits per heavy atom. The van der Waals surface area contributed by atoms with Gasteiger partial charge in [-0.2, -0.15) is 0 Å². The fraction of sp³-hybridized carbons (Fsp3) is 0.588. The van der Waals surface area contributed by atoms with Gasteiger partial charge in [0.05, 0.1) is 0 Å². The largest absolute Gasteiger partial charge is 0.444 e. The molecule has 0 spiro atoms. The summed E-state index contributed by atoms with van der Waals surface area (Å²) in [6, 6.07) is 6.76. The first kappa shape index (κ1) is 18.4. The summed E-state index contributed by atoms with van der Waals surface area (Å²) in [6.45, 7) is 8.84. The van der Waals surface area contributed by atoms with Crippen molar-refractivity contribution in [2.24, 2.45) is 0 Å². The number of carbonyl (C=O) groups excluding carboxylic acids is 1. The van der Waals surface area contributed by atoms with Crippen LogP contribution in [-0.4, -0.2) is 24.8 Å². The van der Waals surface area contributed by atoms with Crippen molar-refractivity contribution in [2.75, 3.05) is 13.1 Å². The fourth-order valence-corrected chi connectivity index (χ4v) is 2.09. The van der Waals surface area contributed by atoms with Crippen molar-refractivity contribution in [1.82, 2.24) is 10.6 Å². The molecule has 124 valence electrons. The van der Waals surface area contributed by atoms with Crippen LogP contribution in [0.25, 0.3) is 0 Å². The number of benzene rings is 1. The predicted octanol–water partition coefficient (Wildman–Crippen LogP) is 3.78. The van der Waals surface area contributed by atoms with E-state index in [1.807, 2.05) is 26.8 Å². The van der Waals surface area contributed by atoms with Crippen LogP contribution in [0.4, 0.5) is 9.18 Å². The lowest BCUT2D eigenvalue weighted by Gasteiger charge is -2.20. The number of hydrogen-bond donors (Lipinski definition) is 2. The number of nitrogens with one attached hydrogen (secondary N) is 2. The fourth-order valence-electron chi connectivity index (χ4n) is 2.09. The Morgan fingerprint density at radius 2 is 2.05 bits per heavy atom. The Morgan fingerprint density at radius 3 is 2.64 bits per heavy atom. The molecule has 0 saturated heterocycles. The van der Waals surface area contributed by atoms with Crippen molar-refractivity contribution in [2.45, 2.75) is 52.2 Å². The molecule has 0 heterocycles. The van der Waals surface area contributed by atoms with E-state index < -0.39 is 11.7 Å². The summed E-state index contributed by atoms with van der Waals surface area (Å²) in [4.78, 5) is 11.5. The summed E-state index contributed by atoms with van der Waals surface area (Å²) in [6.07, 6.45) is 1.26. The van der Waals surface area contributed by atoms with Gasteiger partial charge in [0, 0.05) is 12.6 Å². The lowest BCUT2D eigenvalue weighted by Crippen LogP contribution is -2.34. The van der Waals surface area contributed by atoms with Gasteiger partial charge in [-0.1, -0.05) is 19.1 Å². The molecule has 0 bridgehead atoms. The molecule has 1 rings (SSSR count). The van der Waals surface area contributed by atoms with Gasteiger partial charge in [0.2, 0.25) is 0 Å². The standard InChI is InChI=1S/C17H27FN2O2/c1-5-15(13-8-6-9-14(18)12-13)19-10-7-11-20-16(21)22-17(2,3)4/h6,8-9,12,15,19H,5,7,10-11H2,1-4H3,(H,20,21). The summed E-state index contributed by atoms with van der Waals surface area (Å²) >= 11 is 0. The van der Waals surface area contributed by atoms with Crippen LogP contribution >= 0.6 is 0 Å². The van der Waals surface area contributed by atoms with Gasteiger partial charge in [-0.25, -0.2) is 9.18 Å². The monoisotopic (exact) mass is 310 g/mol. The normalized spacial score (nSPS) is 12.8. The zero-order valence-electron chi connectivity index (χ0n) is 13.9. The molecule has 1 amide bonds. The van der Waals surface area contributed by atoms with Crippen LogP contribution in [0.2, 0.25) is 0 Å². The SMILES string of the molecule is CCC(NCCCNC(=O)OC(C)(C)C)c1cccc(F)c1. The highest BCUT2D eigenvalue weighted by molar-refractivity contribution is 5.67. The van der Waals surface area contributed by atoms with E-state index in [4.69, 9.17) is 4.74 Å². The maximum Gasteiger partial charge on any atom is 0.407 e. The molecular weight excluding hydrogens is 283 g/mol. The van der Waals surface area contributed by atoms with E-state index in [-0.39, 0.29) is 11.9 Å². The van der Waals surface area contributed by atoms with Crippen molar-refractivity contribution in [3.63, 3.8) is 0 Å². The first-order valence-corrected chi connectivity index (χ1v) is 7.77. The minimum absolute atomic E-state index is 0.122. The Kier molecular flexibility index (Phi) is 7.32. The number of carbonyl (C=O) groups is 1. The summed E-state index contributed by atoms with van der Waals surface area (Å²) in [5, 5.41) is 6.09. The van der Waals surface area contributed by atoms with Gasteiger partial charge in [-0.3, -0.25) is 0 Å². The topological polar surface area (TPSA) is 50.4 Å². The van der Waals surface area contributed by atoms with E-state index in [1.165, 1.54) is 6.07 Å². The molecule has 0 radical (unpaired) electrons. The molecular formula is C17H27FN2O2. The molecule has 0 aliphatic heterocycles. The Bertz CT molecular complexity index is 472. The molecule has 1 aromatic rings. The molecule has 2 N–H and O–H groups in total. The molecule has 1 unspecified atom stereocenters. The Balaban J connectivity index is 2.27. The highest BCUT2D eigenvalue weighted by Gasteiger charge is 2.15. The predicted molar refractivity (Wildman–Crippen MR) is 86.3 cm³/mol. The molecule has 5 heteroatoms. The maximum absolute atomic E-state index is 13.2. The van der Waals surface area contributed by atoms with Gasteiger partial charge in [-0.15, -0.1) is 0 Å². The highest BCUT2D eigenvalue weighted by Crippen LogP contribution is 2.17. The zero-order chi connectivity index (χ0) is 16.6. The quantitative estimate of drug-likeness (QED) is 0.754. The lowest BCUT2D eigenvalue weighted by atomic mass is 10.0. The third-order valence-corrected chi connectivity index (χ3v) is 3.07. The lowest BCUT2D eigenvalue weighted by molar-refractivity contribution is 0.0527. The van der Waals surface area contributed by atoms with E-state index in [0.29, 0.717) is 6.54 Å². The first-order valence-electron chi connectivity index (χ1n) is 7.77. The number of halogens is 1. The van der Waals surface area contributed by atoms with E-state index in [0.717, 1.165) is 24.9 Å². The minimum atomic E-state index is -0.479. The van der Waals surface area contributed by atoms with Crippen LogP contribution in [0.5, 0.6) is 0 Å². The van der Waals surface area contributed by atoms with Gasteiger partial charge >= 0.3 is 6.09 Å². The summed E-state index contributed by atoms with van der Waals surface area (Å²) in [5.41, 5.74) is 0.468. The molecule has 4 nitrogen and oxygen atoms in total. The number of ether oxygens (including phenoxy) is 1. The maximum atomic E-state index is 13.2. The van der Waals surface area contributed by atoms with Crippen molar-refractivity contribution >= 4 is 6.09 Å². The molecule has 0 aromatic heterocycles. The van der Waals surface area contributed by atoms with Crippen molar-refractivity contribution in [3.05, 3.63) is 35.6 Å². The molecule has 1 atom stereocenters. The van der Waals surface area contributed by atoms with Gasteiger partial charge in [0.1, 0.15) is 11.4 Å². The van der Waals surface area contributed by atoms with Crippen LogP contribution in [-0.2, 0) is 4.74 Å². The van der Waals surface area contributed by atoms with Crippen LogP contribution in [0, 0.1) is 5.82 Å². The van der Waals surface area contributed by atoms with Crippen LogP contribution in [0.3, 0.4) is 0 Å².